The number of rotatable bonds is 8. The zero-order valence-electron chi connectivity index (χ0n) is 18.8. The van der Waals surface area contributed by atoms with Crippen molar-refractivity contribution in [2.75, 3.05) is 6.54 Å². The van der Waals surface area contributed by atoms with Gasteiger partial charge in [-0.2, -0.15) is 0 Å². The minimum absolute atomic E-state index is 0.0994. The van der Waals surface area contributed by atoms with Crippen LogP contribution in [0, 0.1) is 0 Å². The number of hydrogen-bond donors (Lipinski definition) is 1. The van der Waals surface area contributed by atoms with Crippen LogP contribution >= 0.6 is 11.3 Å². The monoisotopic (exact) mass is 481 g/mol. The molecule has 5 rings (SSSR count). The van der Waals surface area contributed by atoms with Crippen LogP contribution in [0.3, 0.4) is 0 Å². The summed E-state index contributed by atoms with van der Waals surface area (Å²) in [7, 11) is 0. The van der Waals surface area contributed by atoms with Crippen LogP contribution in [0.15, 0.2) is 114 Å². The topological polar surface area (TPSA) is 66.8 Å². The Morgan fingerprint density at radius 2 is 1.60 bits per heavy atom. The van der Waals surface area contributed by atoms with E-state index < -0.39 is 17.7 Å². The number of Topliss-reactive ketones (excluding diaryl/α,β-unsaturated/α-hetero) is 1. The first-order valence-electron chi connectivity index (χ1n) is 11.3. The highest BCUT2D eigenvalue weighted by Crippen LogP contribution is 2.40. The second kappa shape index (κ2) is 9.99. The van der Waals surface area contributed by atoms with Crippen molar-refractivity contribution in [1.29, 1.82) is 0 Å². The maximum absolute atomic E-state index is 13.4. The first kappa shape index (κ1) is 22.6. The summed E-state index contributed by atoms with van der Waals surface area (Å²) in [5, 5.41) is 12.7. The van der Waals surface area contributed by atoms with Gasteiger partial charge in [0.05, 0.1) is 16.5 Å². The van der Waals surface area contributed by atoms with Crippen molar-refractivity contribution in [3.05, 3.63) is 130 Å². The van der Waals surface area contributed by atoms with E-state index in [1.54, 1.807) is 22.4 Å². The zero-order valence-corrected chi connectivity index (χ0v) is 19.7. The molecule has 1 N–H and O–H groups in total. The van der Waals surface area contributed by atoms with Crippen LogP contribution in [0.5, 0.6) is 11.5 Å². The van der Waals surface area contributed by atoms with Gasteiger partial charge >= 0.3 is 0 Å². The second-order valence-electron chi connectivity index (χ2n) is 8.19. The molecule has 1 aromatic heterocycles. The van der Waals surface area contributed by atoms with Crippen molar-refractivity contribution in [2.24, 2.45) is 0 Å². The average molecular weight is 482 g/mol. The van der Waals surface area contributed by atoms with E-state index in [0.717, 1.165) is 5.56 Å². The number of aliphatic hydroxyl groups excluding tert-OH is 1. The Hall–Kier alpha value is -4.16. The number of ether oxygens (including phenoxy) is 1. The number of carbonyl (C=O) groups is 2. The van der Waals surface area contributed by atoms with Crippen molar-refractivity contribution in [2.45, 2.75) is 12.5 Å². The highest BCUT2D eigenvalue weighted by molar-refractivity contribution is 7.12. The Kier molecular flexibility index (Phi) is 6.46. The van der Waals surface area contributed by atoms with Crippen molar-refractivity contribution in [1.82, 2.24) is 4.90 Å². The first-order chi connectivity index (χ1) is 17.1. The van der Waals surface area contributed by atoms with Crippen LogP contribution in [0.25, 0.3) is 0 Å². The van der Waals surface area contributed by atoms with Gasteiger partial charge in [0.25, 0.3) is 5.91 Å². The third kappa shape index (κ3) is 4.74. The molecule has 174 valence electrons. The maximum atomic E-state index is 13.4. The molecule has 3 aromatic carbocycles. The molecule has 5 nitrogen and oxygen atoms in total. The van der Waals surface area contributed by atoms with Gasteiger partial charge in [-0.3, -0.25) is 9.59 Å². The lowest BCUT2D eigenvalue weighted by atomic mass is 9.95. The van der Waals surface area contributed by atoms with Crippen LogP contribution in [-0.2, 0) is 11.2 Å². The van der Waals surface area contributed by atoms with E-state index in [9.17, 15) is 14.7 Å². The van der Waals surface area contributed by atoms with Gasteiger partial charge in [-0.05, 0) is 53.3 Å². The molecule has 1 unspecified atom stereocenters. The Labute approximate surface area is 207 Å². The van der Waals surface area contributed by atoms with E-state index in [4.69, 9.17) is 4.74 Å². The van der Waals surface area contributed by atoms with Gasteiger partial charge in [0.1, 0.15) is 11.5 Å². The second-order valence-corrected chi connectivity index (χ2v) is 9.14. The number of benzene rings is 3. The number of ketones is 1. The fraction of sp³-hybridized carbons (Fsp3) is 0.103. The van der Waals surface area contributed by atoms with Gasteiger partial charge in [-0.1, -0.05) is 66.7 Å². The molecule has 0 aliphatic carbocycles. The van der Waals surface area contributed by atoms with E-state index in [1.165, 1.54) is 11.3 Å². The van der Waals surface area contributed by atoms with Gasteiger partial charge < -0.3 is 14.7 Å². The zero-order chi connectivity index (χ0) is 24.2. The lowest BCUT2D eigenvalue weighted by molar-refractivity contribution is -0.129. The largest absolute Gasteiger partial charge is 0.503 e. The van der Waals surface area contributed by atoms with Gasteiger partial charge in [0, 0.05) is 6.54 Å². The SMILES string of the molecule is O=C(C1=C(O)C(=O)N(CCc2ccccc2)C1c1cccc(Oc2ccccc2)c1)c1cccs1. The minimum atomic E-state index is -0.722. The molecular formula is C29H23NO4S. The molecule has 0 saturated carbocycles. The van der Waals surface area contributed by atoms with Crippen molar-refractivity contribution >= 4 is 23.0 Å². The quantitative estimate of drug-likeness (QED) is 0.297. The van der Waals surface area contributed by atoms with Crippen molar-refractivity contribution in [3.8, 4) is 11.5 Å². The summed E-state index contributed by atoms with van der Waals surface area (Å²) in [6.45, 7) is 0.350. The molecule has 1 aliphatic heterocycles. The molecule has 0 saturated heterocycles. The standard InChI is InChI=1S/C29H23NO4S/c31-27(24-15-8-18-35-24)25-26(21-11-7-14-23(19-21)34-22-12-5-2-6-13-22)30(29(33)28(25)32)17-16-20-9-3-1-4-10-20/h1-15,18-19,26,32H,16-17H2. The summed E-state index contributed by atoms with van der Waals surface area (Å²) >= 11 is 1.29. The molecule has 1 aliphatic rings. The van der Waals surface area contributed by atoms with Crippen LogP contribution in [-0.4, -0.2) is 28.2 Å². The molecule has 0 bridgehead atoms. The Balaban J connectivity index is 1.51. The average Bonchev–Trinajstić information content (AvgIpc) is 3.51. The maximum Gasteiger partial charge on any atom is 0.290 e. The summed E-state index contributed by atoms with van der Waals surface area (Å²) in [6.07, 6.45) is 0.594. The molecule has 1 atom stereocenters. The smallest absolute Gasteiger partial charge is 0.290 e. The molecule has 6 heteroatoms. The minimum Gasteiger partial charge on any atom is -0.503 e. The normalized spacial score (nSPS) is 15.5. The molecule has 0 spiro atoms. The van der Waals surface area contributed by atoms with Crippen molar-refractivity contribution in [3.63, 3.8) is 0 Å². The predicted molar refractivity (Wildman–Crippen MR) is 136 cm³/mol. The highest BCUT2D eigenvalue weighted by Gasteiger charge is 2.43. The summed E-state index contributed by atoms with van der Waals surface area (Å²) in [6, 6.07) is 29.3. The third-order valence-electron chi connectivity index (χ3n) is 5.93. The Bertz CT molecular complexity index is 1360. The van der Waals surface area contributed by atoms with E-state index in [-0.39, 0.29) is 11.4 Å². The molecule has 35 heavy (non-hydrogen) atoms. The Morgan fingerprint density at radius 3 is 2.31 bits per heavy atom. The first-order valence-corrected chi connectivity index (χ1v) is 12.2. The summed E-state index contributed by atoms with van der Waals surface area (Å²) < 4.78 is 6.00. The number of amides is 1. The summed E-state index contributed by atoms with van der Waals surface area (Å²) in [5.74, 6) is -0.108. The number of nitrogens with zero attached hydrogens (tertiary/aromatic N) is 1. The number of hydrogen-bond acceptors (Lipinski definition) is 5. The number of para-hydroxylation sites is 1. The summed E-state index contributed by atoms with van der Waals surface area (Å²) in [5.41, 5.74) is 1.86. The van der Waals surface area contributed by atoms with E-state index in [0.29, 0.717) is 34.9 Å². The lowest BCUT2D eigenvalue weighted by Crippen LogP contribution is -2.33. The van der Waals surface area contributed by atoms with E-state index >= 15 is 0 Å². The number of carbonyl (C=O) groups excluding carboxylic acids is 2. The summed E-state index contributed by atoms with van der Waals surface area (Å²) in [4.78, 5) is 28.7. The van der Waals surface area contributed by atoms with Crippen LogP contribution in [0.4, 0.5) is 0 Å². The van der Waals surface area contributed by atoms with Crippen LogP contribution < -0.4 is 4.74 Å². The molecule has 4 aromatic rings. The van der Waals surface area contributed by atoms with Gasteiger partial charge in [0.2, 0.25) is 5.78 Å². The molecule has 0 fully saturated rings. The number of thiophene rings is 1. The van der Waals surface area contributed by atoms with Crippen LogP contribution in [0.1, 0.15) is 26.8 Å². The number of aliphatic hydroxyl groups is 1. The lowest BCUT2D eigenvalue weighted by Gasteiger charge is -2.27. The fourth-order valence-corrected chi connectivity index (χ4v) is 4.95. The molecule has 1 amide bonds. The molecule has 0 radical (unpaired) electrons. The molecular weight excluding hydrogens is 458 g/mol. The van der Waals surface area contributed by atoms with Gasteiger partial charge in [-0.15, -0.1) is 11.3 Å². The van der Waals surface area contributed by atoms with Gasteiger partial charge in [-0.25, -0.2) is 0 Å². The third-order valence-corrected chi connectivity index (χ3v) is 6.80. The Morgan fingerprint density at radius 1 is 0.886 bits per heavy atom. The van der Waals surface area contributed by atoms with E-state index in [2.05, 4.69) is 0 Å². The molecule has 2 heterocycles. The highest BCUT2D eigenvalue weighted by atomic mass is 32.1. The van der Waals surface area contributed by atoms with Crippen molar-refractivity contribution < 1.29 is 19.4 Å². The van der Waals surface area contributed by atoms with Gasteiger partial charge in [0.15, 0.2) is 5.76 Å². The van der Waals surface area contributed by atoms with Crippen LogP contribution in [0.2, 0.25) is 0 Å². The fourth-order valence-electron chi connectivity index (χ4n) is 4.27. The van der Waals surface area contributed by atoms with E-state index in [1.807, 2.05) is 84.9 Å². The predicted octanol–water partition coefficient (Wildman–Crippen LogP) is 6.36.